The number of hydrogen-bond acceptors (Lipinski definition) is 5. The molecule has 0 atom stereocenters. The van der Waals surface area contributed by atoms with Crippen LogP contribution in [0.4, 0.5) is 11.5 Å². The first-order valence-corrected chi connectivity index (χ1v) is 8.43. The second-order valence-corrected chi connectivity index (χ2v) is 7.26. The van der Waals surface area contributed by atoms with Gasteiger partial charge in [-0.05, 0) is 62.5 Å². The molecule has 0 fully saturated rings. The highest BCUT2D eigenvalue weighted by molar-refractivity contribution is 9.11. The molecule has 2 aromatic rings. The summed E-state index contributed by atoms with van der Waals surface area (Å²) in [5.41, 5.74) is 6.80. The van der Waals surface area contributed by atoms with E-state index in [2.05, 4.69) is 46.5 Å². The van der Waals surface area contributed by atoms with Crippen molar-refractivity contribution in [2.75, 3.05) is 10.5 Å². The van der Waals surface area contributed by atoms with Crippen LogP contribution < -0.4 is 10.5 Å². The van der Waals surface area contributed by atoms with E-state index in [9.17, 15) is 8.42 Å². The highest BCUT2D eigenvalue weighted by atomic mass is 79.9. The standard InChI is InChI=1S/C11H10Br2N4O2S/c1-6-2-7(14)4-8(3-6)20(18,19)17-11-10(13)16-9(12)5-15-11/h2-5H,14H2,1H3,(H,15,17). The number of halogens is 2. The van der Waals surface area contributed by atoms with Gasteiger partial charge in [0.2, 0.25) is 0 Å². The Hall–Kier alpha value is -1.19. The van der Waals surface area contributed by atoms with E-state index >= 15 is 0 Å². The molecule has 0 aliphatic carbocycles. The summed E-state index contributed by atoms with van der Waals surface area (Å²) in [7, 11) is -3.77. The molecule has 0 saturated carbocycles. The van der Waals surface area contributed by atoms with Crippen molar-refractivity contribution >= 4 is 53.4 Å². The van der Waals surface area contributed by atoms with Crippen molar-refractivity contribution in [1.29, 1.82) is 0 Å². The maximum atomic E-state index is 12.3. The molecule has 0 radical (unpaired) electrons. The van der Waals surface area contributed by atoms with Gasteiger partial charge >= 0.3 is 0 Å². The number of aryl methyl sites for hydroxylation is 1. The summed E-state index contributed by atoms with van der Waals surface area (Å²) in [6, 6.07) is 4.60. The number of nitrogens with zero attached hydrogens (tertiary/aromatic N) is 2. The van der Waals surface area contributed by atoms with Gasteiger partial charge in [0, 0.05) is 5.69 Å². The lowest BCUT2D eigenvalue weighted by Crippen LogP contribution is -2.15. The lowest BCUT2D eigenvalue weighted by atomic mass is 10.2. The third kappa shape index (κ3) is 3.47. The number of aromatic nitrogens is 2. The molecule has 0 amide bonds. The molecule has 106 valence electrons. The largest absolute Gasteiger partial charge is 0.399 e. The minimum Gasteiger partial charge on any atom is -0.399 e. The molecule has 1 aromatic heterocycles. The van der Waals surface area contributed by atoms with Gasteiger partial charge < -0.3 is 5.73 Å². The predicted molar refractivity (Wildman–Crippen MR) is 83.8 cm³/mol. The van der Waals surface area contributed by atoms with Crippen LogP contribution in [0.3, 0.4) is 0 Å². The zero-order valence-electron chi connectivity index (χ0n) is 10.3. The average molecular weight is 422 g/mol. The Balaban J connectivity index is 2.40. The minimum atomic E-state index is -3.77. The first kappa shape index (κ1) is 15.2. The fourth-order valence-corrected chi connectivity index (χ4v) is 3.73. The molecule has 0 bridgehead atoms. The molecule has 0 unspecified atom stereocenters. The fourth-order valence-electron chi connectivity index (χ4n) is 1.53. The molecule has 1 aromatic carbocycles. The third-order valence-corrected chi connectivity index (χ3v) is 4.57. The monoisotopic (exact) mass is 420 g/mol. The van der Waals surface area contributed by atoms with Crippen LogP contribution in [0.2, 0.25) is 0 Å². The Morgan fingerprint density at radius 1 is 1.25 bits per heavy atom. The molecular formula is C11H10Br2N4O2S. The van der Waals surface area contributed by atoms with E-state index < -0.39 is 10.0 Å². The summed E-state index contributed by atoms with van der Waals surface area (Å²) in [6.45, 7) is 1.77. The SMILES string of the molecule is Cc1cc(N)cc(S(=O)(=O)Nc2ncc(Br)nc2Br)c1. The lowest BCUT2D eigenvalue weighted by molar-refractivity contribution is 0.601. The summed E-state index contributed by atoms with van der Waals surface area (Å²) in [4.78, 5) is 8.04. The van der Waals surface area contributed by atoms with Crippen LogP contribution in [0.15, 0.2) is 38.5 Å². The molecular weight excluding hydrogens is 412 g/mol. The van der Waals surface area contributed by atoms with Crippen LogP contribution >= 0.6 is 31.9 Å². The van der Waals surface area contributed by atoms with Crippen molar-refractivity contribution < 1.29 is 8.42 Å². The summed E-state index contributed by atoms with van der Waals surface area (Å²) in [5.74, 6) is 0.105. The summed E-state index contributed by atoms with van der Waals surface area (Å²) in [5, 5.41) is 0. The van der Waals surface area contributed by atoms with Crippen LogP contribution in [0.1, 0.15) is 5.56 Å². The Bertz CT molecular complexity index is 745. The number of nitrogen functional groups attached to an aromatic ring is 1. The van der Waals surface area contributed by atoms with Crippen molar-refractivity contribution in [3.05, 3.63) is 39.2 Å². The first-order chi connectivity index (χ1) is 9.28. The average Bonchev–Trinajstić information content (AvgIpc) is 2.31. The predicted octanol–water partition coefficient (Wildman–Crippen LogP) is 2.69. The zero-order chi connectivity index (χ0) is 14.9. The Morgan fingerprint density at radius 2 is 1.95 bits per heavy atom. The van der Waals surface area contributed by atoms with Gasteiger partial charge in [-0.1, -0.05) is 0 Å². The quantitative estimate of drug-likeness (QED) is 0.742. The Kier molecular flexibility index (Phi) is 4.31. The number of rotatable bonds is 3. The number of anilines is 2. The van der Waals surface area contributed by atoms with Crippen molar-refractivity contribution in [2.45, 2.75) is 11.8 Å². The maximum Gasteiger partial charge on any atom is 0.263 e. The third-order valence-electron chi connectivity index (χ3n) is 2.32. The number of nitrogens with two attached hydrogens (primary N) is 1. The van der Waals surface area contributed by atoms with Gasteiger partial charge in [0.15, 0.2) is 10.4 Å². The number of sulfonamides is 1. The second-order valence-electron chi connectivity index (χ2n) is 4.02. The molecule has 0 spiro atoms. The van der Waals surface area contributed by atoms with Crippen LogP contribution in [0, 0.1) is 6.92 Å². The Morgan fingerprint density at radius 3 is 2.55 bits per heavy atom. The van der Waals surface area contributed by atoms with Crippen LogP contribution in [-0.2, 0) is 10.0 Å². The lowest BCUT2D eigenvalue weighted by Gasteiger charge is -2.09. The molecule has 2 rings (SSSR count). The van der Waals surface area contributed by atoms with Gasteiger partial charge in [0.05, 0.1) is 11.1 Å². The summed E-state index contributed by atoms with van der Waals surface area (Å²) >= 11 is 6.29. The van der Waals surface area contributed by atoms with E-state index in [1.807, 2.05) is 0 Å². The van der Waals surface area contributed by atoms with Gasteiger partial charge in [0.1, 0.15) is 4.60 Å². The highest BCUT2D eigenvalue weighted by Gasteiger charge is 2.18. The molecule has 0 saturated heterocycles. The number of hydrogen-bond donors (Lipinski definition) is 2. The van der Waals surface area contributed by atoms with Gasteiger partial charge in [0.25, 0.3) is 10.0 Å². The second kappa shape index (κ2) is 5.66. The van der Waals surface area contributed by atoms with Crippen molar-refractivity contribution in [1.82, 2.24) is 9.97 Å². The number of benzene rings is 1. The van der Waals surface area contributed by atoms with Gasteiger partial charge in [-0.2, -0.15) is 0 Å². The number of nitrogens with one attached hydrogen (secondary N) is 1. The van der Waals surface area contributed by atoms with Gasteiger partial charge in [-0.25, -0.2) is 18.4 Å². The molecule has 20 heavy (non-hydrogen) atoms. The Labute approximate surface area is 133 Å². The maximum absolute atomic E-state index is 12.3. The highest BCUT2D eigenvalue weighted by Crippen LogP contribution is 2.24. The van der Waals surface area contributed by atoms with Crippen LogP contribution in [0.25, 0.3) is 0 Å². The molecule has 0 aliphatic heterocycles. The van der Waals surface area contributed by atoms with E-state index in [-0.39, 0.29) is 15.3 Å². The van der Waals surface area contributed by atoms with Crippen LogP contribution in [0.5, 0.6) is 0 Å². The normalized spacial score (nSPS) is 11.3. The molecule has 0 aliphatic rings. The smallest absolute Gasteiger partial charge is 0.263 e. The van der Waals surface area contributed by atoms with Gasteiger partial charge in [-0.15, -0.1) is 0 Å². The molecule has 9 heteroatoms. The van der Waals surface area contributed by atoms with Crippen molar-refractivity contribution in [3.63, 3.8) is 0 Å². The van der Waals surface area contributed by atoms with Crippen LogP contribution in [-0.4, -0.2) is 18.4 Å². The van der Waals surface area contributed by atoms with E-state index in [1.165, 1.54) is 18.3 Å². The minimum absolute atomic E-state index is 0.0756. The molecule has 1 heterocycles. The zero-order valence-corrected chi connectivity index (χ0v) is 14.3. The van der Waals surface area contributed by atoms with E-state index in [0.717, 1.165) is 5.56 Å². The van der Waals surface area contributed by atoms with E-state index in [0.29, 0.717) is 10.3 Å². The van der Waals surface area contributed by atoms with E-state index in [1.54, 1.807) is 13.0 Å². The molecule has 6 nitrogen and oxygen atoms in total. The fraction of sp³-hybridized carbons (Fsp3) is 0.0909. The summed E-state index contributed by atoms with van der Waals surface area (Å²) in [6.07, 6.45) is 1.40. The van der Waals surface area contributed by atoms with Crippen molar-refractivity contribution in [3.8, 4) is 0 Å². The van der Waals surface area contributed by atoms with E-state index in [4.69, 9.17) is 5.73 Å². The van der Waals surface area contributed by atoms with Gasteiger partial charge in [-0.3, -0.25) is 4.72 Å². The molecule has 3 N–H and O–H groups in total. The topological polar surface area (TPSA) is 98.0 Å². The first-order valence-electron chi connectivity index (χ1n) is 5.36. The van der Waals surface area contributed by atoms with Crippen molar-refractivity contribution in [2.24, 2.45) is 0 Å². The summed E-state index contributed by atoms with van der Waals surface area (Å²) < 4.78 is 27.7.